The van der Waals surface area contributed by atoms with Crippen LogP contribution >= 0.6 is 0 Å². The van der Waals surface area contributed by atoms with Crippen LogP contribution in [0.15, 0.2) is 12.7 Å². The predicted molar refractivity (Wildman–Crippen MR) is 69.0 cm³/mol. The van der Waals surface area contributed by atoms with E-state index < -0.39 is 5.79 Å². The molecule has 2 atom stereocenters. The molecule has 2 rings (SSSR count). The van der Waals surface area contributed by atoms with Gasteiger partial charge in [-0.3, -0.25) is 4.79 Å². The summed E-state index contributed by atoms with van der Waals surface area (Å²) in [7, 11) is 0. The van der Waals surface area contributed by atoms with Crippen LogP contribution in [0.4, 0.5) is 0 Å². The third kappa shape index (κ3) is 3.12. The Morgan fingerprint density at radius 1 is 1.50 bits per heavy atom. The van der Waals surface area contributed by atoms with Crippen LogP contribution in [0.25, 0.3) is 0 Å². The van der Waals surface area contributed by atoms with Crippen molar-refractivity contribution in [3.05, 3.63) is 12.7 Å². The fourth-order valence-electron chi connectivity index (χ4n) is 2.59. The Bertz CT molecular complexity index is 321. The topological polar surface area (TPSA) is 38.8 Å². The molecule has 4 heteroatoms. The Balaban J connectivity index is 1.89. The average Bonchev–Trinajstić information content (AvgIpc) is 2.94. The summed E-state index contributed by atoms with van der Waals surface area (Å²) < 4.78 is 11.3. The van der Waals surface area contributed by atoms with Gasteiger partial charge in [0, 0.05) is 25.4 Å². The Morgan fingerprint density at radius 3 is 2.67 bits per heavy atom. The summed E-state index contributed by atoms with van der Waals surface area (Å²) in [6, 6.07) is 0. The molecule has 2 aliphatic rings. The van der Waals surface area contributed by atoms with Gasteiger partial charge in [-0.1, -0.05) is 6.08 Å². The van der Waals surface area contributed by atoms with Crippen molar-refractivity contribution in [2.75, 3.05) is 19.7 Å². The van der Waals surface area contributed by atoms with E-state index in [1.54, 1.807) is 0 Å². The van der Waals surface area contributed by atoms with Gasteiger partial charge < -0.3 is 14.4 Å². The third-order valence-electron chi connectivity index (χ3n) is 3.68. The molecule has 0 aromatic heterocycles. The molecule has 102 valence electrons. The van der Waals surface area contributed by atoms with E-state index in [1.807, 2.05) is 24.8 Å². The van der Waals surface area contributed by atoms with Crippen LogP contribution in [0.3, 0.4) is 0 Å². The monoisotopic (exact) mass is 253 g/mol. The van der Waals surface area contributed by atoms with Crippen LogP contribution in [0.1, 0.15) is 33.1 Å². The highest BCUT2D eigenvalue weighted by atomic mass is 16.7. The Labute approximate surface area is 109 Å². The number of carbonyl (C=O) groups is 1. The lowest BCUT2D eigenvalue weighted by Gasteiger charge is -2.23. The van der Waals surface area contributed by atoms with E-state index >= 15 is 0 Å². The van der Waals surface area contributed by atoms with Crippen molar-refractivity contribution in [3.8, 4) is 0 Å². The summed E-state index contributed by atoms with van der Waals surface area (Å²) in [4.78, 5) is 14.1. The van der Waals surface area contributed by atoms with Crippen molar-refractivity contribution >= 4 is 5.91 Å². The quantitative estimate of drug-likeness (QED) is 0.719. The van der Waals surface area contributed by atoms with Gasteiger partial charge in [0.25, 0.3) is 0 Å². The van der Waals surface area contributed by atoms with Gasteiger partial charge >= 0.3 is 0 Å². The van der Waals surface area contributed by atoms with Crippen molar-refractivity contribution in [2.24, 2.45) is 5.92 Å². The van der Waals surface area contributed by atoms with Gasteiger partial charge in [0.15, 0.2) is 5.79 Å². The number of hydrogen-bond donors (Lipinski definition) is 0. The summed E-state index contributed by atoms with van der Waals surface area (Å²) in [6.45, 7) is 9.96. The second-order valence-electron chi connectivity index (χ2n) is 5.56. The van der Waals surface area contributed by atoms with E-state index in [2.05, 4.69) is 6.58 Å². The maximum absolute atomic E-state index is 12.1. The molecule has 18 heavy (non-hydrogen) atoms. The number of hydrogen-bond acceptors (Lipinski definition) is 3. The molecule has 2 saturated heterocycles. The van der Waals surface area contributed by atoms with Crippen LogP contribution < -0.4 is 0 Å². The van der Waals surface area contributed by atoms with Gasteiger partial charge in [0.2, 0.25) is 5.91 Å². The zero-order valence-electron chi connectivity index (χ0n) is 11.4. The third-order valence-corrected chi connectivity index (χ3v) is 3.68. The van der Waals surface area contributed by atoms with Gasteiger partial charge in [-0.05, 0) is 26.7 Å². The maximum atomic E-state index is 12.1. The standard InChI is InChI=1S/C14H23NO3/c1-4-11(12-10-17-14(2,3)18-12)9-13(16)15-7-5-6-8-15/h4,11-12H,1,5-10H2,2-3H3. The second-order valence-corrected chi connectivity index (χ2v) is 5.56. The largest absolute Gasteiger partial charge is 0.348 e. The zero-order chi connectivity index (χ0) is 13.2. The minimum absolute atomic E-state index is 0.0416. The molecule has 4 nitrogen and oxygen atoms in total. The van der Waals surface area contributed by atoms with E-state index in [4.69, 9.17) is 9.47 Å². The minimum Gasteiger partial charge on any atom is -0.348 e. The highest BCUT2D eigenvalue weighted by Crippen LogP contribution is 2.29. The Morgan fingerprint density at radius 2 is 2.17 bits per heavy atom. The first-order valence-electron chi connectivity index (χ1n) is 6.74. The first-order valence-corrected chi connectivity index (χ1v) is 6.74. The molecule has 2 unspecified atom stereocenters. The number of likely N-dealkylation sites (tertiary alicyclic amines) is 1. The van der Waals surface area contributed by atoms with Gasteiger partial charge in [0.05, 0.1) is 12.7 Å². The highest BCUT2D eigenvalue weighted by Gasteiger charge is 2.37. The molecule has 0 aromatic rings. The van der Waals surface area contributed by atoms with E-state index in [0.717, 1.165) is 25.9 Å². The molecule has 2 aliphatic heterocycles. The lowest BCUT2D eigenvalue weighted by molar-refractivity contribution is -0.146. The Kier molecular flexibility index (Phi) is 4.07. The summed E-state index contributed by atoms with van der Waals surface area (Å²) in [5.41, 5.74) is 0. The fraction of sp³-hybridized carbons (Fsp3) is 0.786. The number of nitrogens with zero attached hydrogens (tertiary/aromatic N) is 1. The Hall–Kier alpha value is -0.870. The van der Waals surface area contributed by atoms with Crippen molar-refractivity contribution < 1.29 is 14.3 Å². The van der Waals surface area contributed by atoms with Gasteiger partial charge in [-0.15, -0.1) is 6.58 Å². The summed E-state index contributed by atoms with van der Waals surface area (Å²) in [6.07, 6.45) is 4.50. The minimum atomic E-state index is -0.539. The van der Waals surface area contributed by atoms with Crippen LogP contribution in [-0.4, -0.2) is 42.4 Å². The molecule has 0 spiro atoms. The highest BCUT2D eigenvalue weighted by molar-refractivity contribution is 5.77. The number of amides is 1. The molecule has 0 aliphatic carbocycles. The number of rotatable bonds is 4. The van der Waals surface area contributed by atoms with Gasteiger partial charge in [-0.25, -0.2) is 0 Å². The molecular formula is C14H23NO3. The smallest absolute Gasteiger partial charge is 0.223 e. The van der Waals surface area contributed by atoms with Crippen molar-refractivity contribution in [1.82, 2.24) is 4.90 Å². The first-order chi connectivity index (χ1) is 8.52. The summed E-state index contributed by atoms with van der Waals surface area (Å²) in [5, 5.41) is 0. The molecule has 0 radical (unpaired) electrons. The van der Waals surface area contributed by atoms with Crippen LogP contribution in [-0.2, 0) is 14.3 Å². The van der Waals surface area contributed by atoms with Crippen molar-refractivity contribution in [2.45, 2.75) is 45.0 Å². The number of carbonyl (C=O) groups excluding carboxylic acids is 1. The lowest BCUT2D eigenvalue weighted by atomic mass is 9.98. The molecule has 0 N–H and O–H groups in total. The fourth-order valence-corrected chi connectivity index (χ4v) is 2.59. The van der Waals surface area contributed by atoms with E-state index in [9.17, 15) is 4.79 Å². The zero-order valence-corrected chi connectivity index (χ0v) is 11.4. The van der Waals surface area contributed by atoms with Crippen molar-refractivity contribution in [1.29, 1.82) is 0 Å². The second kappa shape index (κ2) is 5.41. The molecule has 2 heterocycles. The molecule has 2 fully saturated rings. The van der Waals surface area contributed by atoms with Crippen LogP contribution in [0.2, 0.25) is 0 Å². The lowest BCUT2D eigenvalue weighted by Crippen LogP contribution is -2.33. The van der Waals surface area contributed by atoms with E-state index in [-0.39, 0.29) is 17.9 Å². The van der Waals surface area contributed by atoms with Gasteiger partial charge in [0.1, 0.15) is 0 Å². The maximum Gasteiger partial charge on any atom is 0.223 e. The normalized spacial score (nSPS) is 28.3. The summed E-state index contributed by atoms with van der Waals surface area (Å²) >= 11 is 0. The van der Waals surface area contributed by atoms with Gasteiger partial charge in [-0.2, -0.15) is 0 Å². The van der Waals surface area contributed by atoms with Crippen molar-refractivity contribution in [3.63, 3.8) is 0 Å². The molecule has 0 aromatic carbocycles. The molecule has 0 bridgehead atoms. The van der Waals surface area contributed by atoms with E-state index in [1.165, 1.54) is 0 Å². The van der Waals surface area contributed by atoms with Crippen LogP contribution in [0, 0.1) is 5.92 Å². The first kappa shape index (κ1) is 13.6. The molecular weight excluding hydrogens is 230 g/mol. The van der Waals surface area contributed by atoms with Crippen LogP contribution in [0.5, 0.6) is 0 Å². The predicted octanol–water partition coefficient (Wildman–Crippen LogP) is 1.95. The SMILES string of the molecule is C=CC(CC(=O)N1CCCC1)C1COC(C)(C)O1. The summed E-state index contributed by atoms with van der Waals surface area (Å²) in [5.74, 6) is -0.284. The number of ether oxygens (including phenoxy) is 2. The molecule has 0 saturated carbocycles. The average molecular weight is 253 g/mol. The molecule has 1 amide bonds. The van der Waals surface area contributed by atoms with E-state index in [0.29, 0.717) is 13.0 Å².